The van der Waals surface area contributed by atoms with Crippen LogP contribution in [0.5, 0.6) is 5.75 Å². The van der Waals surface area contributed by atoms with Crippen LogP contribution < -0.4 is 9.64 Å². The van der Waals surface area contributed by atoms with Gasteiger partial charge >= 0.3 is 12.1 Å². The molecular formula is C15H14ClNO4S. The predicted molar refractivity (Wildman–Crippen MR) is 86.7 cm³/mol. The monoisotopic (exact) mass is 339 g/mol. The molecule has 3 rings (SSSR count). The molecule has 0 unspecified atom stereocenters. The quantitative estimate of drug-likeness (QED) is 0.511. The minimum Gasteiger partial charge on any atom is -0.465 e. The highest BCUT2D eigenvalue weighted by atomic mass is 35.5. The number of hydrogen-bond donors (Lipinski definition) is 1. The van der Waals surface area contributed by atoms with Crippen molar-refractivity contribution >= 4 is 50.8 Å². The fraction of sp³-hybridized carbons (Fsp3) is 0.333. The first-order valence-corrected chi connectivity index (χ1v) is 8.09. The van der Waals surface area contributed by atoms with Gasteiger partial charge in [-0.3, -0.25) is 9.69 Å². The van der Waals surface area contributed by atoms with Crippen LogP contribution in [0.25, 0.3) is 10.1 Å². The number of anilines is 1. The van der Waals surface area contributed by atoms with Crippen molar-refractivity contribution in [3.63, 3.8) is 0 Å². The Morgan fingerprint density at radius 3 is 2.82 bits per heavy atom. The summed E-state index contributed by atoms with van der Waals surface area (Å²) in [7, 11) is 0. The number of thiophene rings is 1. The van der Waals surface area contributed by atoms with Crippen molar-refractivity contribution in [3.8, 4) is 5.75 Å². The lowest BCUT2D eigenvalue weighted by molar-refractivity contribution is -0.131. The fourth-order valence-corrected chi connectivity index (χ4v) is 4.27. The Balaban J connectivity index is 2.30. The number of nitrogens with zero attached hydrogens (tertiary/aromatic N) is 1. The topological polar surface area (TPSA) is 66.8 Å². The molecule has 0 aliphatic carbocycles. The maximum atomic E-state index is 11.5. The highest BCUT2D eigenvalue weighted by molar-refractivity contribution is 7.19. The molecule has 2 heterocycles. The van der Waals surface area contributed by atoms with Gasteiger partial charge < -0.3 is 9.84 Å². The summed E-state index contributed by atoms with van der Waals surface area (Å²) < 4.78 is 6.22. The molecule has 0 bridgehead atoms. The number of fused-ring (bicyclic) bond motifs is 3. The minimum atomic E-state index is -1.03. The number of carbonyl (C=O) groups excluding carboxylic acids is 1. The number of aryl methyl sites for hydroxylation is 1. The second kappa shape index (κ2) is 5.44. The second-order valence-electron chi connectivity index (χ2n) is 5.25. The van der Waals surface area contributed by atoms with Gasteiger partial charge in [0.05, 0.1) is 5.69 Å². The van der Waals surface area contributed by atoms with E-state index in [0.29, 0.717) is 23.9 Å². The van der Waals surface area contributed by atoms with Gasteiger partial charge in [0.25, 0.3) is 0 Å². The van der Waals surface area contributed by atoms with Crippen LogP contribution in [0.3, 0.4) is 0 Å². The lowest BCUT2D eigenvalue weighted by Gasteiger charge is -2.14. The number of ether oxygens (including phenoxy) is 1. The van der Waals surface area contributed by atoms with E-state index in [2.05, 4.69) is 0 Å². The molecule has 0 saturated carbocycles. The van der Waals surface area contributed by atoms with Gasteiger partial charge in [0.1, 0.15) is 5.75 Å². The average molecular weight is 340 g/mol. The van der Waals surface area contributed by atoms with Gasteiger partial charge in [0, 0.05) is 51.9 Å². The van der Waals surface area contributed by atoms with Gasteiger partial charge in [-0.15, -0.1) is 22.9 Å². The zero-order valence-corrected chi connectivity index (χ0v) is 13.6. The van der Waals surface area contributed by atoms with Gasteiger partial charge in [-0.25, -0.2) is 4.79 Å². The number of benzene rings is 1. The van der Waals surface area contributed by atoms with E-state index in [-0.39, 0.29) is 5.92 Å². The smallest absolute Gasteiger partial charge is 0.411 e. The maximum Gasteiger partial charge on any atom is 0.411 e. The Kier molecular flexibility index (Phi) is 3.74. The van der Waals surface area contributed by atoms with Crippen molar-refractivity contribution in [2.75, 3.05) is 17.3 Å². The summed E-state index contributed by atoms with van der Waals surface area (Å²) in [5.41, 5.74) is 1.49. The Morgan fingerprint density at radius 1 is 1.50 bits per heavy atom. The summed E-state index contributed by atoms with van der Waals surface area (Å²) in [6, 6.07) is 3.58. The van der Waals surface area contributed by atoms with Crippen LogP contribution in [0.15, 0.2) is 12.1 Å². The summed E-state index contributed by atoms with van der Waals surface area (Å²) >= 11 is 7.60. The summed E-state index contributed by atoms with van der Waals surface area (Å²) in [5, 5.41) is 10.2. The van der Waals surface area contributed by atoms with Crippen LogP contribution in [-0.4, -0.2) is 29.6 Å². The Hall–Kier alpha value is -1.79. The van der Waals surface area contributed by atoms with Gasteiger partial charge in [-0.05, 0) is 13.0 Å². The number of alkyl halides is 1. The third-order valence-corrected chi connectivity index (χ3v) is 5.14. The number of halogens is 1. The summed E-state index contributed by atoms with van der Waals surface area (Å²) in [6.07, 6.45) is -1.03. The van der Waals surface area contributed by atoms with Gasteiger partial charge in [-0.2, -0.15) is 0 Å². The van der Waals surface area contributed by atoms with Crippen LogP contribution in [0.2, 0.25) is 0 Å². The molecule has 1 aromatic heterocycles. The Bertz CT molecular complexity index is 785. The molecule has 2 aromatic rings. The molecule has 0 spiro atoms. The van der Waals surface area contributed by atoms with E-state index in [1.54, 1.807) is 17.4 Å². The summed E-state index contributed by atoms with van der Waals surface area (Å²) in [5.74, 6) is 0.251. The molecule has 1 aliphatic rings. The van der Waals surface area contributed by atoms with Crippen molar-refractivity contribution < 1.29 is 19.4 Å². The highest BCUT2D eigenvalue weighted by Crippen LogP contribution is 2.48. The van der Waals surface area contributed by atoms with E-state index in [9.17, 15) is 14.7 Å². The van der Waals surface area contributed by atoms with Gasteiger partial charge in [0.2, 0.25) is 0 Å². The van der Waals surface area contributed by atoms with Gasteiger partial charge in [0.15, 0.2) is 0 Å². The summed E-state index contributed by atoms with van der Waals surface area (Å²) in [6.45, 7) is 3.62. The SMILES string of the molecule is CC(=O)Oc1cc2c(c3sc(C)cc13)[C@@H](CCl)CN2C(=O)O. The number of amides is 1. The molecule has 116 valence electrons. The predicted octanol–water partition coefficient (Wildman–Crippen LogP) is 3.96. The van der Waals surface area contributed by atoms with Crippen molar-refractivity contribution in [1.82, 2.24) is 0 Å². The first-order valence-electron chi connectivity index (χ1n) is 6.74. The Morgan fingerprint density at radius 2 is 2.23 bits per heavy atom. The molecule has 7 heteroatoms. The molecule has 0 radical (unpaired) electrons. The first kappa shape index (κ1) is 15.1. The number of esters is 1. The number of hydrogen-bond acceptors (Lipinski definition) is 4. The molecule has 5 nitrogen and oxygen atoms in total. The molecular weight excluding hydrogens is 326 g/mol. The lowest BCUT2D eigenvalue weighted by atomic mass is 10.0. The van der Waals surface area contributed by atoms with Crippen molar-refractivity contribution in [2.24, 2.45) is 0 Å². The van der Waals surface area contributed by atoms with Gasteiger partial charge in [-0.1, -0.05) is 0 Å². The minimum absolute atomic E-state index is 0.0558. The molecule has 1 N–H and O–H groups in total. The third-order valence-electron chi connectivity index (χ3n) is 3.68. The Labute approximate surface area is 136 Å². The van der Waals surface area contributed by atoms with Crippen LogP contribution in [0.4, 0.5) is 10.5 Å². The van der Waals surface area contributed by atoms with E-state index >= 15 is 0 Å². The largest absolute Gasteiger partial charge is 0.465 e. The van der Waals surface area contributed by atoms with E-state index in [1.165, 1.54) is 11.8 Å². The lowest BCUT2D eigenvalue weighted by Crippen LogP contribution is -2.28. The standard InChI is InChI=1S/C15H14ClNO4S/c1-7-3-10-12(21-8(2)18)4-11-13(14(10)22-7)9(5-16)6-17(11)15(19)20/h3-4,9H,5-6H2,1-2H3,(H,19,20)/t9-/m0/s1. The third kappa shape index (κ3) is 2.32. The molecule has 1 atom stereocenters. The zero-order chi connectivity index (χ0) is 16.0. The van der Waals surface area contributed by atoms with Crippen molar-refractivity contribution in [1.29, 1.82) is 0 Å². The van der Waals surface area contributed by atoms with Crippen molar-refractivity contribution in [3.05, 3.63) is 22.6 Å². The summed E-state index contributed by atoms with van der Waals surface area (Å²) in [4.78, 5) is 25.1. The van der Waals surface area contributed by atoms with Crippen LogP contribution in [0.1, 0.15) is 23.3 Å². The zero-order valence-electron chi connectivity index (χ0n) is 12.1. The number of rotatable bonds is 2. The van der Waals surface area contributed by atoms with E-state index < -0.39 is 12.1 Å². The highest BCUT2D eigenvalue weighted by Gasteiger charge is 2.35. The van der Waals surface area contributed by atoms with Crippen LogP contribution in [-0.2, 0) is 4.79 Å². The number of carbonyl (C=O) groups is 2. The average Bonchev–Trinajstić information content (AvgIpc) is 2.98. The maximum absolute atomic E-state index is 11.5. The first-order chi connectivity index (χ1) is 10.4. The van der Waals surface area contributed by atoms with E-state index in [1.807, 2.05) is 13.0 Å². The van der Waals surface area contributed by atoms with E-state index in [0.717, 1.165) is 20.5 Å². The van der Waals surface area contributed by atoms with E-state index in [4.69, 9.17) is 16.3 Å². The fourth-order valence-electron chi connectivity index (χ4n) is 2.87. The van der Waals surface area contributed by atoms with Crippen molar-refractivity contribution in [2.45, 2.75) is 19.8 Å². The molecule has 0 saturated heterocycles. The normalized spacial score (nSPS) is 16.9. The molecule has 1 aliphatic heterocycles. The molecule has 1 aromatic carbocycles. The van der Waals surface area contributed by atoms with Crippen LogP contribution in [0, 0.1) is 6.92 Å². The molecule has 1 amide bonds. The molecule has 0 fully saturated rings. The van der Waals surface area contributed by atoms with Crippen LogP contribution >= 0.6 is 22.9 Å². The second-order valence-corrected chi connectivity index (χ2v) is 6.81. The molecule has 22 heavy (non-hydrogen) atoms. The number of carboxylic acid groups (broad SMARTS) is 1.